The van der Waals surface area contributed by atoms with Crippen molar-refractivity contribution in [1.29, 1.82) is 0 Å². The standard InChI is InChI=1S/C15H21ClN2/c1-11-4-5-12(16)9-15(11)18-8-2-3-14(10-18)17-13-6-7-13/h4-5,9,13-14,17H,2-3,6-8,10H2,1H3. The Hall–Kier alpha value is -0.730. The number of halogens is 1. The SMILES string of the molecule is Cc1ccc(Cl)cc1N1CCCC(NC2CC2)C1. The molecule has 0 spiro atoms. The molecule has 1 atom stereocenters. The van der Waals surface area contributed by atoms with E-state index < -0.39 is 0 Å². The van der Waals surface area contributed by atoms with Crippen LogP contribution in [0.15, 0.2) is 18.2 Å². The van der Waals surface area contributed by atoms with Gasteiger partial charge in [-0.3, -0.25) is 0 Å². The largest absolute Gasteiger partial charge is 0.370 e. The van der Waals surface area contributed by atoms with Crippen molar-refractivity contribution in [1.82, 2.24) is 5.32 Å². The van der Waals surface area contributed by atoms with Crippen LogP contribution in [0.1, 0.15) is 31.2 Å². The summed E-state index contributed by atoms with van der Waals surface area (Å²) < 4.78 is 0. The van der Waals surface area contributed by atoms with Crippen LogP contribution >= 0.6 is 11.6 Å². The molecule has 2 fully saturated rings. The normalized spacial score (nSPS) is 24.3. The molecular formula is C15H21ClN2. The molecule has 2 aliphatic rings. The molecule has 98 valence electrons. The lowest BCUT2D eigenvalue weighted by Crippen LogP contribution is -2.46. The smallest absolute Gasteiger partial charge is 0.0426 e. The first-order chi connectivity index (χ1) is 8.72. The first-order valence-corrected chi connectivity index (χ1v) is 7.37. The molecule has 0 radical (unpaired) electrons. The minimum atomic E-state index is 0.657. The van der Waals surface area contributed by atoms with E-state index >= 15 is 0 Å². The van der Waals surface area contributed by atoms with Crippen LogP contribution in [0.5, 0.6) is 0 Å². The van der Waals surface area contributed by atoms with Crippen molar-refractivity contribution in [3.8, 4) is 0 Å². The van der Waals surface area contributed by atoms with Gasteiger partial charge in [-0.05, 0) is 50.3 Å². The lowest BCUT2D eigenvalue weighted by molar-refractivity contribution is 0.420. The Labute approximate surface area is 114 Å². The predicted octanol–water partition coefficient (Wildman–Crippen LogP) is 3.37. The Balaban J connectivity index is 1.72. The number of piperidine rings is 1. The molecule has 1 aliphatic heterocycles. The number of rotatable bonds is 3. The second-order valence-electron chi connectivity index (χ2n) is 5.66. The van der Waals surface area contributed by atoms with Gasteiger partial charge in [-0.15, -0.1) is 0 Å². The van der Waals surface area contributed by atoms with Crippen molar-refractivity contribution in [2.75, 3.05) is 18.0 Å². The lowest BCUT2D eigenvalue weighted by atomic mass is 10.0. The molecule has 1 saturated heterocycles. The van der Waals surface area contributed by atoms with Crippen molar-refractivity contribution in [3.63, 3.8) is 0 Å². The van der Waals surface area contributed by atoms with E-state index in [1.165, 1.54) is 36.9 Å². The highest BCUT2D eigenvalue weighted by Gasteiger charge is 2.28. The van der Waals surface area contributed by atoms with Gasteiger partial charge in [0.1, 0.15) is 0 Å². The molecule has 1 aromatic rings. The maximum Gasteiger partial charge on any atom is 0.0426 e. The fraction of sp³-hybridized carbons (Fsp3) is 0.600. The average Bonchev–Trinajstić information content (AvgIpc) is 3.16. The zero-order valence-electron chi connectivity index (χ0n) is 11.0. The lowest BCUT2D eigenvalue weighted by Gasteiger charge is -2.36. The van der Waals surface area contributed by atoms with E-state index in [0.717, 1.165) is 24.2 Å². The van der Waals surface area contributed by atoms with Crippen molar-refractivity contribution >= 4 is 17.3 Å². The molecule has 2 nitrogen and oxygen atoms in total. The highest BCUT2D eigenvalue weighted by Crippen LogP contribution is 2.28. The topological polar surface area (TPSA) is 15.3 Å². The molecule has 18 heavy (non-hydrogen) atoms. The van der Waals surface area contributed by atoms with Gasteiger partial charge in [0.2, 0.25) is 0 Å². The number of anilines is 1. The monoisotopic (exact) mass is 264 g/mol. The zero-order valence-corrected chi connectivity index (χ0v) is 11.7. The van der Waals surface area contributed by atoms with Crippen LogP contribution in [0.4, 0.5) is 5.69 Å². The number of nitrogens with one attached hydrogen (secondary N) is 1. The Kier molecular flexibility index (Phi) is 3.49. The maximum atomic E-state index is 6.12. The molecule has 0 bridgehead atoms. The molecule has 1 N–H and O–H groups in total. The summed E-state index contributed by atoms with van der Waals surface area (Å²) in [5.74, 6) is 0. The van der Waals surface area contributed by atoms with E-state index in [4.69, 9.17) is 11.6 Å². The van der Waals surface area contributed by atoms with E-state index in [1.807, 2.05) is 6.07 Å². The third kappa shape index (κ3) is 2.81. The highest BCUT2D eigenvalue weighted by molar-refractivity contribution is 6.30. The molecule has 1 aromatic carbocycles. The van der Waals surface area contributed by atoms with Gasteiger partial charge < -0.3 is 10.2 Å². The fourth-order valence-corrected chi connectivity index (χ4v) is 3.00. The van der Waals surface area contributed by atoms with E-state index in [9.17, 15) is 0 Å². The van der Waals surface area contributed by atoms with Gasteiger partial charge >= 0.3 is 0 Å². The first-order valence-electron chi connectivity index (χ1n) is 6.99. The minimum absolute atomic E-state index is 0.657. The number of nitrogens with zero attached hydrogens (tertiary/aromatic N) is 1. The van der Waals surface area contributed by atoms with Crippen LogP contribution in [0.3, 0.4) is 0 Å². The Morgan fingerprint density at radius 1 is 1.22 bits per heavy atom. The van der Waals surface area contributed by atoms with Crippen LogP contribution in [0.2, 0.25) is 5.02 Å². The Bertz CT molecular complexity index is 429. The molecule has 0 aromatic heterocycles. The second kappa shape index (κ2) is 5.10. The van der Waals surface area contributed by atoms with E-state index in [-0.39, 0.29) is 0 Å². The third-order valence-corrected chi connectivity index (χ3v) is 4.22. The van der Waals surface area contributed by atoms with Gasteiger partial charge in [0.25, 0.3) is 0 Å². The van der Waals surface area contributed by atoms with Crippen molar-refractivity contribution in [3.05, 3.63) is 28.8 Å². The summed E-state index contributed by atoms with van der Waals surface area (Å²) in [7, 11) is 0. The van der Waals surface area contributed by atoms with Crippen molar-refractivity contribution < 1.29 is 0 Å². The highest BCUT2D eigenvalue weighted by atomic mass is 35.5. The van der Waals surface area contributed by atoms with Crippen LogP contribution in [-0.4, -0.2) is 25.2 Å². The molecule has 1 aliphatic carbocycles. The van der Waals surface area contributed by atoms with Crippen LogP contribution in [-0.2, 0) is 0 Å². The van der Waals surface area contributed by atoms with Gasteiger partial charge in [0.05, 0.1) is 0 Å². The summed E-state index contributed by atoms with van der Waals surface area (Å²) in [5, 5.41) is 4.59. The van der Waals surface area contributed by atoms with Gasteiger partial charge in [0.15, 0.2) is 0 Å². The van der Waals surface area contributed by atoms with E-state index in [1.54, 1.807) is 0 Å². The molecule has 3 rings (SSSR count). The summed E-state index contributed by atoms with van der Waals surface area (Å²) in [5.41, 5.74) is 2.64. The second-order valence-corrected chi connectivity index (χ2v) is 6.09. The van der Waals surface area contributed by atoms with Gasteiger partial charge in [0, 0.05) is 35.9 Å². The number of hydrogen-bond acceptors (Lipinski definition) is 2. The minimum Gasteiger partial charge on any atom is -0.370 e. The summed E-state index contributed by atoms with van der Waals surface area (Å²) in [6.45, 7) is 4.45. The summed E-state index contributed by atoms with van der Waals surface area (Å²) in [4.78, 5) is 2.49. The number of benzene rings is 1. The Morgan fingerprint density at radius 2 is 2.06 bits per heavy atom. The molecule has 1 heterocycles. The van der Waals surface area contributed by atoms with Crippen LogP contribution in [0.25, 0.3) is 0 Å². The molecule has 0 amide bonds. The van der Waals surface area contributed by atoms with E-state index in [0.29, 0.717) is 6.04 Å². The summed E-state index contributed by atoms with van der Waals surface area (Å²) in [6.07, 6.45) is 5.32. The number of aryl methyl sites for hydroxylation is 1. The van der Waals surface area contributed by atoms with Gasteiger partial charge in [-0.25, -0.2) is 0 Å². The maximum absolute atomic E-state index is 6.12. The first kappa shape index (κ1) is 12.3. The fourth-order valence-electron chi connectivity index (χ4n) is 2.84. The van der Waals surface area contributed by atoms with Crippen LogP contribution in [0, 0.1) is 6.92 Å². The van der Waals surface area contributed by atoms with Crippen molar-refractivity contribution in [2.24, 2.45) is 0 Å². The molecule has 1 unspecified atom stereocenters. The quantitative estimate of drug-likeness (QED) is 0.901. The van der Waals surface area contributed by atoms with Gasteiger partial charge in [-0.2, -0.15) is 0 Å². The van der Waals surface area contributed by atoms with Gasteiger partial charge in [-0.1, -0.05) is 17.7 Å². The average molecular weight is 265 g/mol. The van der Waals surface area contributed by atoms with Crippen LogP contribution < -0.4 is 10.2 Å². The summed E-state index contributed by atoms with van der Waals surface area (Å²) >= 11 is 6.12. The number of hydrogen-bond donors (Lipinski definition) is 1. The molecular weight excluding hydrogens is 244 g/mol. The summed E-state index contributed by atoms with van der Waals surface area (Å²) in [6, 6.07) is 7.66. The molecule has 1 saturated carbocycles. The third-order valence-electron chi connectivity index (χ3n) is 3.98. The zero-order chi connectivity index (χ0) is 12.5. The predicted molar refractivity (Wildman–Crippen MR) is 77.6 cm³/mol. The Morgan fingerprint density at radius 3 is 2.83 bits per heavy atom. The van der Waals surface area contributed by atoms with E-state index in [2.05, 4.69) is 29.3 Å². The van der Waals surface area contributed by atoms with Crippen molar-refractivity contribution in [2.45, 2.75) is 44.7 Å². The molecule has 3 heteroatoms.